The maximum Gasteiger partial charge on any atom is 0.263 e. The van der Waals surface area contributed by atoms with Gasteiger partial charge < -0.3 is 15.0 Å². The van der Waals surface area contributed by atoms with E-state index in [1.54, 1.807) is 11.3 Å². The molecule has 1 aromatic carbocycles. The van der Waals surface area contributed by atoms with Gasteiger partial charge in [-0.25, -0.2) is 0 Å². The van der Waals surface area contributed by atoms with E-state index in [0.717, 1.165) is 39.5 Å². The van der Waals surface area contributed by atoms with Crippen molar-refractivity contribution in [3.05, 3.63) is 34.7 Å². The van der Waals surface area contributed by atoms with E-state index >= 15 is 0 Å². The van der Waals surface area contributed by atoms with Crippen LogP contribution in [0.2, 0.25) is 0 Å². The maximum atomic E-state index is 12.4. The third-order valence-corrected chi connectivity index (χ3v) is 5.01. The van der Waals surface area contributed by atoms with Gasteiger partial charge in [0.1, 0.15) is 10.6 Å². The minimum atomic E-state index is 0.0267. The van der Waals surface area contributed by atoms with E-state index < -0.39 is 0 Å². The van der Waals surface area contributed by atoms with Crippen LogP contribution in [0.3, 0.4) is 0 Å². The summed E-state index contributed by atoms with van der Waals surface area (Å²) in [5, 5.41) is 4.10. The molecule has 0 radical (unpaired) electrons. The second kappa shape index (κ2) is 6.62. The van der Waals surface area contributed by atoms with Gasteiger partial charge in [-0.05, 0) is 39.0 Å². The SMILES string of the molecule is CCOc1ccc2sc3c(c2c1)N(CC=C(C)C)CCNC3=O. The van der Waals surface area contributed by atoms with Crippen LogP contribution >= 0.6 is 11.3 Å². The van der Waals surface area contributed by atoms with Gasteiger partial charge >= 0.3 is 0 Å². The molecule has 0 atom stereocenters. The molecule has 0 bridgehead atoms. The number of anilines is 1. The standard InChI is InChI=1S/C18H22N2O2S/c1-4-22-13-5-6-15-14(11-13)16-17(23-15)18(21)19-8-10-20(16)9-7-12(2)3/h5-7,11H,4,8-10H2,1-3H3,(H,19,21). The topological polar surface area (TPSA) is 41.6 Å². The number of hydrogen-bond donors (Lipinski definition) is 1. The van der Waals surface area contributed by atoms with Crippen LogP contribution in [-0.2, 0) is 0 Å². The van der Waals surface area contributed by atoms with E-state index in [1.807, 2.05) is 19.1 Å². The predicted octanol–water partition coefficient (Wildman–Crippen LogP) is 3.82. The van der Waals surface area contributed by atoms with Crippen molar-refractivity contribution in [3.63, 3.8) is 0 Å². The third kappa shape index (κ3) is 3.20. The highest BCUT2D eigenvalue weighted by atomic mass is 32.1. The van der Waals surface area contributed by atoms with Crippen LogP contribution < -0.4 is 15.0 Å². The molecule has 3 rings (SSSR count). The summed E-state index contributed by atoms with van der Waals surface area (Å²) in [5.41, 5.74) is 2.32. The second-order valence-electron chi connectivity index (χ2n) is 5.85. The highest BCUT2D eigenvalue weighted by Crippen LogP contribution is 2.40. The van der Waals surface area contributed by atoms with Crippen molar-refractivity contribution in [2.24, 2.45) is 0 Å². The first-order valence-electron chi connectivity index (χ1n) is 7.96. The zero-order valence-electron chi connectivity index (χ0n) is 13.8. The predicted molar refractivity (Wildman–Crippen MR) is 97.0 cm³/mol. The molecule has 2 heterocycles. The van der Waals surface area contributed by atoms with Crippen molar-refractivity contribution in [3.8, 4) is 5.75 Å². The summed E-state index contributed by atoms with van der Waals surface area (Å²) >= 11 is 1.56. The van der Waals surface area contributed by atoms with E-state index in [0.29, 0.717) is 13.2 Å². The van der Waals surface area contributed by atoms with Crippen LogP contribution in [0.1, 0.15) is 30.4 Å². The molecule has 0 fully saturated rings. The Morgan fingerprint density at radius 1 is 1.43 bits per heavy atom. The van der Waals surface area contributed by atoms with E-state index in [9.17, 15) is 4.79 Å². The van der Waals surface area contributed by atoms with Crippen LogP contribution in [0.4, 0.5) is 5.69 Å². The van der Waals surface area contributed by atoms with Gasteiger partial charge in [-0.15, -0.1) is 11.3 Å². The monoisotopic (exact) mass is 330 g/mol. The second-order valence-corrected chi connectivity index (χ2v) is 6.91. The number of nitrogens with zero attached hydrogens (tertiary/aromatic N) is 1. The number of ether oxygens (including phenoxy) is 1. The molecule has 1 N–H and O–H groups in total. The van der Waals surface area contributed by atoms with Crippen LogP contribution in [0.25, 0.3) is 10.1 Å². The van der Waals surface area contributed by atoms with Gasteiger partial charge in [0.05, 0.1) is 12.3 Å². The molecule has 0 saturated heterocycles. The summed E-state index contributed by atoms with van der Waals surface area (Å²) in [6.45, 7) is 9.11. The molecule has 0 aliphatic carbocycles. The van der Waals surface area contributed by atoms with Crippen molar-refractivity contribution in [1.82, 2.24) is 5.32 Å². The summed E-state index contributed by atoms with van der Waals surface area (Å²) in [5.74, 6) is 0.881. The molecule has 1 aliphatic heterocycles. The summed E-state index contributed by atoms with van der Waals surface area (Å²) < 4.78 is 6.76. The molecular weight excluding hydrogens is 308 g/mol. The molecule has 2 aromatic rings. The maximum absolute atomic E-state index is 12.4. The number of benzene rings is 1. The molecule has 0 saturated carbocycles. The highest BCUT2D eigenvalue weighted by molar-refractivity contribution is 7.21. The minimum absolute atomic E-state index is 0.0267. The Kier molecular flexibility index (Phi) is 4.57. The average molecular weight is 330 g/mol. The van der Waals surface area contributed by atoms with Crippen molar-refractivity contribution in [2.45, 2.75) is 20.8 Å². The number of hydrogen-bond acceptors (Lipinski definition) is 4. The normalized spacial score (nSPS) is 14.2. The lowest BCUT2D eigenvalue weighted by molar-refractivity contribution is 0.0962. The van der Waals surface area contributed by atoms with Crippen LogP contribution in [-0.4, -0.2) is 32.1 Å². The zero-order chi connectivity index (χ0) is 16.4. The summed E-state index contributed by atoms with van der Waals surface area (Å²) in [7, 11) is 0. The number of amides is 1. The quantitative estimate of drug-likeness (QED) is 0.867. The van der Waals surface area contributed by atoms with E-state index in [1.165, 1.54) is 5.57 Å². The fourth-order valence-corrected chi connectivity index (χ4v) is 3.88. The van der Waals surface area contributed by atoms with Crippen LogP contribution in [0.5, 0.6) is 5.75 Å². The number of carbonyl (C=O) groups is 1. The molecule has 1 aliphatic rings. The van der Waals surface area contributed by atoms with Gasteiger partial charge in [0, 0.05) is 29.7 Å². The number of nitrogens with one attached hydrogen (secondary N) is 1. The van der Waals surface area contributed by atoms with Crippen molar-refractivity contribution < 1.29 is 9.53 Å². The van der Waals surface area contributed by atoms with E-state index in [2.05, 4.69) is 36.2 Å². The van der Waals surface area contributed by atoms with Crippen molar-refractivity contribution >= 4 is 33.0 Å². The Morgan fingerprint density at radius 2 is 2.26 bits per heavy atom. The van der Waals surface area contributed by atoms with Gasteiger partial charge in [0.2, 0.25) is 0 Å². The number of rotatable bonds is 4. The average Bonchev–Trinajstić information content (AvgIpc) is 2.82. The number of fused-ring (bicyclic) bond motifs is 3. The molecule has 4 nitrogen and oxygen atoms in total. The molecule has 0 unspecified atom stereocenters. The lowest BCUT2D eigenvalue weighted by Crippen LogP contribution is -2.30. The molecule has 1 amide bonds. The van der Waals surface area contributed by atoms with Gasteiger partial charge in [0.25, 0.3) is 5.91 Å². The Hall–Kier alpha value is -2.01. The number of carbonyl (C=O) groups excluding carboxylic acids is 1. The van der Waals surface area contributed by atoms with E-state index in [4.69, 9.17) is 4.74 Å². The molecule has 1 aromatic heterocycles. The molecular formula is C18H22N2O2S. The van der Waals surface area contributed by atoms with Gasteiger partial charge in [-0.3, -0.25) is 4.79 Å². The fraction of sp³-hybridized carbons (Fsp3) is 0.389. The zero-order valence-corrected chi connectivity index (χ0v) is 14.6. The third-order valence-electron chi connectivity index (χ3n) is 3.85. The summed E-state index contributed by atoms with van der Waals surface area (Å²) in [4.78, 5) is 15.5. The largest absolute Gasteiger partial charge is 0.494 e. The van der Waals surface area contributed by atoms with Crippen molar-refractivity contribution in [1.29, 1.82) is 0 Å². The lowest BCUT2D eigenvalue weighted by Gasteiger charge is -2.22. The Bertz CT molecular complexity index is 760. The smallest absolute Gasteiger partial charge is 0.263 e. The molecule has 122 valence electrons. The number of thiophene rings is 1. The Labute approximate surface area is 140 Å². The molecule has 0 spiro atoms. The Balaban J connectivity index is 2.13. The van der Waals surface area contributed by atoms with Gasteiger partial charge in [-0.1, -0.05) is 11.6 Å². The van der Waals surface area contributed by atoms with Gasteiger partial charge in [0.15, 0.2) is 0 Å². The summed E-state index contributed by atoms with van der Waals surface area (Å²) in [6.07, 6.45) is 2.20. The first-order valence-corrected chi connectivity index (χ1v) is 8.77. The summed E-state index contributed by atoms with van der Waals surface area (Å²) in [6, 6.07) is 6.08. The molecule has 23 heavy (non-hydrogen) atoms. The molecule has 5 heteroatoms. The van der Waals surface area contributed by atoms with Crippen LogP contribution in [0.15, 0.2) is 29.8 Å². The van der Waals surface area contributed by atoms with Crippen molar-refractivity contribution in [2.75, 3.05) is 31.1 Å². The number of allylic oxidation sites excluding steroid dienone is 1. The van der Waals surface area contributed by atoms with Gasteiger partial charge in [-0.2, -0.15) is 0 Å². The van der Waals surface area contributed by atoms with Crippen LogP contribution in [0, 0.1) is 0 Å². The van der Waals surface area contributed by atoms with E-state index in [-0.39, 0.29) is 5.91 Å². The highest BCUT2D eigenvalue weighted by Gasteiger charge is 2.25. The Morgan fingerprint density at radius 3 is 3.00 bits per heavy atom. The lowest BCUT2D eigenvalue weighted by atomic mass is 10.2. The first kappa shape index (κ1) is 15.9. The minimum Gasteiger partial charge on any atom is -0.494 e. The fourth-order valence-electron chi connectivity index (χ4n) is 2.76. The first-order chi connectivity index (χ1) is 11.1.